The Morgan fingerprint density at radius 3 is 2.35 bits per heavy atom. The van der Waals surface area contributed by atoms with Gasteiger partial charge in [0.2, 0.25) is 5.91 Å². The summed E-state index contributed by atoms with van der Waals surface area (Å²) >= 11 is 0. The molecule has 2 heterocycles. The molecule has 0 bridgehead atoms. The Bertz CT molecular complexity index is 897. The van der Waals surface area contributed by atoms with Gasteiger partial charge in [0.25, 0.3) is 5.91 Å². The van der Waals surface area contributed by atoms with Crippen LogP contribution in [0.5, 0.6) is 0 Å². The van der Waals surface area contributed by atoms with E-state index in [9.17, 15) is 18.0 Å². The summed E-state index contributed by atoms with van der Waals surface area (Å²) in [5, 5.41) is 0. The summed E-state index contributed by atoms with van der Waals surface area (Å²) in [6.45, 7) is 0.843. The zero-order valence-electron chi connectivity index (χ0n) is 14.1. The molecule has 3 rings (SSSR count). The number of furan rings is 1. The van der Waals surface area contributed by atoms with Gasteiger partial charge in [0.05, 0.1) is 4.90 Å². The van der Waals surface area contributed by atoms with Crippen molar-refractivity contribution in [3.8, 4) is 0 Å². The number of sulfone groups is 1. The van der Waals surface area contributed by atoms with Crippen LogP contribution in [-0.4, -0.2) is 38.2 Å². The van der Waals surface area contributed by atoms with Crippen molar-refractivity contribution in [1.82, 2.24) is 4.90 Å². The highest BCUT2D eigenvalue weighted by molar-refractivity contribution is 7.90. The number of carbonyl (C=O) groups excluding carboxylic acids is 2. The molecule has 2 amide bonds. The number of likely N-dealkylation sites (tertiary alicyclic amines) is 1. The highest BCUT2D eigenvalue weighted by atomic mass is 32.2. The molecule has 8 heteroatoms. The maximum absolute atomic E-state index is 12.5. The van der Waals surface area contributed by atoms with Crippen LogP contribution < -0.4 is 5.73 Å². The predicted octanol–water partition coefficient (Wildman–Crippen LogP) is 1.59. The molecule has 0 saturated carbocycles. The second-order valence-corrected chi connectivity index (χ2v) is 8.30. The first kappa shape index (κ1) is 18.2. The maximum Gasteiger partial charge on any atom is 0.289 e. The van der Waals surface area contributed by atoms with Gasteiger partial charge in [0.1, 0.15) is 11.5 Å². The topological polar surface area (TPSA) is 111 Å². The molecular formula is C18H20N2O5S. The minimum absolute atomic E-state index is 0.0980. The van der Waals surface area contributed by atoms with Crippen molar-refractivity contribution >= 4 is 21.7 Å². The van der Waals surface area contributed by atoms with E-state index in [0.29, 0.717) is 25.9 Å². The number of primary amides is 1. The van der Waals surface area contributed by atoms with E-state index in [1.165, 1.54) is 24.3 Å². The first-order chi connectivity index (χ1) is 12.4. The van der Waals surface area contributed by atoms with Crippen molar-refractivity contribution in [2.75, 3.05) is 13.1 Å². The number of hydrogen-bond donors (Lipinski definition) is 1. The highest BCUT2D eigenvalue weighted by Crippen LogP contribution is 2.21. The van der Waals surface area contributed by atoms with E-state index in [-0.39, 0.29) is 39.9 Å². The summed E-state index contributed by atoms with van der Waals surface area (Å²) in [5.74, 6) is -0.861. The lowest BCUT2D eigenvalue weighted by atomic mass is 9.96. The number of hydrogen-bond acceptors (Lipinski definition) is 5. The molecule has 1 aliphatic heterocycles. The second-order valence-electron chi connectivity index (χ2n) is 6.31. The molecule has 26 heavy (non-hydrogen) atoms. The third-order valence-electron chi connectivity index (χ3n) is 4.49. The number of benzene rings is 1. The fourth-order valence-electron chi connectivity index (χ4n) is 2.99. The Labute approximate surface area is 151 Å². The Morgan fingerprint density at radius 1 is 1.08 bits per heavy atom. The molecule has 1 saturated heterocycles. The first-order valence-corrected chi connectivity index (χ1v) is 9.97. The van der Waals surface area contributed by atoms with Gasteiger partial charge in [-0.3, -0.25) is 9.59 Å². The second kappa shape index (κ2) is 7.33. The van der Waals surface area contributed by atoms with Crippen LogP contribution >= 0.6 is 0 Å². The molecule has 138 valence electrons. The number of rotatable bonds is 5. The lowest BCUT2D eigenvalue weighted by Gasteiger charge is -2.29. The van der Waals surface area contributed by atoms with Crippen LogP contribution in [0, 0.1) is 5.92 Å². The molecule has 0 radical (unpaired) electrons. The predicted molar refractivity (Wildman–Crippen MR) is 93.9 cm³/mol. The number of piperidine rings is 1. The van der Waals surface area contributed by atoms with Gasteiger partial charge < -0.3 is 15.1 Å². The molecule has 0 spiro atoms. The number of carbonyl (C=O) groups is 2. The van der Waals surface area contributed by atoms with Crippen molar-refractivity contribution < 1.29 is 22.4 Å². The maximum atomic E-state index is 12.5. The zero-order valence-corrected chi connectivity index (χ0v) is 14.9. The zero-order chi connectivity index (χ0) is 18.7. The summed E-state index contributed by atoms with van der Waals surface area (Å²) in [6, 6.07) is 11.1. The molecule has 1 aromatic heterocycles. The van der Waals surface area contributed by atoms with Crippen LogP contribution in [0.25, 0.3) is 0 Å². The van der Waals surface area contributed by atoms with Gasteiger partial charge in [0.15, 0.2) is 15.6 Å². The molecular weight excluding hydrogens is 356 g/mol. The van der Waals surface area contributed by atoms with Crippen molar-refractivity contribution in [1.29, 1.82) is 0 Å². The lowest BCUT2D eigenvalue weighted by Crippen LogP contribution is -2.41. The SMILES string of the molecule is NC(=O)C1CCN(C(=O)c2ccc(CS(=O)(=O)c3ccccc3)o2)CC1. The average Bonchev–Trinajstić information content (AvgIpc) is 3.09. The Hall–Kier alpha value is -2.61. The van der Waals surface area contributed by atoms with Crippen LogP contribution in [0.4, 0.5) is 0 Å². The van der Waals surface area contributed by atoms with Crippen LogP contribution in [0.15, 0.2) is 51.8 Å². The standard InChI is InChI=1S/C18H20N2O5S/c19-17(21)13-8-10-20(11-9-13)18(22)16-7-6-14(25-16)12-26(23,24)15-4-2-1-3-5-15/h1-7,13H,8-12H2,(H2,19,21). The fourth-order valence-corrected chi connectivity index (χ4v) is 4.26. The number of nitrogens with zero attached hydrogens (tertiary/aromatic N) is 1. The molecule has 0 unspecified atom stereocenters. The summed E-state index contributed by atoms with van der Waals surface area (Å²) < 4.78 is 30.2. The highest BCUT2D eigenvalue weighted by Gasteiger charge is 2.28. The number of nitrogens with two attached hydrogens (primary N) is 1. The largest absolute Gasteiger partial charge is 0.455 e. The Balaban J connectivity index is 1.66. The average molecular weight is 376 g/mol. The van der Waals surface area contributed by atoms with Gasteiger partial charge >= 0.3 is 0 Å². The van der Waals surface area contributed by atoms with Gasteiger partial charge in [-0.25, -0.2) is 8.42 Å². The number of amides is 2. The van der Waals surface area contributed by atoms with Crippen molar-refractivity contribution in [2.24, 2.45) is 11.7 Å². The van der Waals surface area contributed by atoms with E-state index in [1.54, 1.807) is 23.1 Å². The minimum atomic E-state index is -3.54. The molecule has 2 aromatic rings. The van der Waals surface area contributed by atoms with Gasteiger partial charge in [-0.05, 0) is 37.1 Å². The molecule has 0 atom stereocenters. The third-order valence-corrected chi connectivity index (χ3v) is 6.15. The van der Waals surface area contributed by atoms with E-state index in [2.05, 4.69) is 0 Å². The van der Waals surface area contributed by atoms with Crippen molar-refractivity contribution in [2.45, 2.75) is 23.5 Å². The van der Waals surface area contributed by atoms with E-state index in [4.69, 9.17) is 10.2 Å². The monoisotopic (exact) mass is 376 g/mol. The molecule has 7 nitrogen and oxygen atoms in total. The minimum Gasteiger partial charge on any atom is -0.455 e. The van der Waals surface area contributed by atoms with Crippen LogP contribution in [0.3, 0.4) is 0 Å². The quantitative estimate of drug-likeness (QED) is 0.852. The summed E-state index contributed by atoms with van der Waals surface area (Å²) in [6.07, 6.45) is 1.05. The van der Waals surface area contributed by atoms with Gasteiger partial charge in [-0.1, -0.05) is 18.2 Å². The van der Waals surface area contributed by atoms with E-state index in [1.807, 2.05) is 0 Å². The lowest BCUT2D eigenvalue weighted by molar-refractivity contribution is -0.123. The molecule has 0 aliphatic carbocycles. The van der Waals surface area contributed by atoms with E-state index >= 15 is 0 Å². The Morgan fingerprint density at radius 2 is 1.73 bits per heavy atom. The normalized spacial score (nSPS) is 15.8. The van der Waals surface area contributed by atoms with Gasteiger partial charge in [-0.15, -0.1) is 0 Å². The summed E-state index contributed by atoms with van der Waals surface area (Å²) in [5.41, 5.74) is 5.29. The smallest absolute Gasteiger partial charge is 0.289 e. The fraction of sp³-hybridized carbons (Fsp3) is 0.333. The van der Waals surface area contributed by atoms with Gasteiger partial charge in [0, 0.05) is 19.0 Å². The molecule has 1 aliphatic rings. The Kier molecular flexibility index (Phi) is 5.13. The summed E-state index contributed by atoms with van der Waals surface area (Å²) in [7, 11) is -3.54. The molecule has 1 fully saturated rings. The van der Waals surface area contributed by atoms with E-state index in [0.717, 1.165) is 0 Å². The molecule has 1 aromatic carbocycles. The van der Waals surface area contributed by atoms with E-state index < -0.39 is 9.84 Å². The van der Waals surface area contributed by atoms with Crippen molar-refractivity contribution in [3.05, 3.63) is 54.0 Å². The van der Waals surface area contributed by atoms with Crippen LogP contribution in [0.1, 0.15) is 29.2 Å². The van der Waals surface area contributed by atoms with Crippen molar-refractivity contribution in [3.63, 3.8) is 0 Å². The van der Waals surface area contributed by atoms with Gasteiger partial charge in [-0.2, -0.15) is 0 Å². The van der Waals surface area contributed by atoms with Crippen LogP contribution in [0.2, 0.25) is 0 Å². The first-order valence-electron chi connectivity index (χ1n) is 8.32. The summed E-state index contributed by atoms with van der Waals surface area (Å²) in [4.78, 5) is 25.5. The van der Waals surface area contributed by atoms with Crippen LogP contribution in [-0.2, 0) is 20.4 Å². The molecule has 2 N–H and O–H groups in total. The third kappa shape index (κ3) is 3.96.